The molecule has 1 N–H and O–H groups in total. The molecule has 0 unspecified atom stereocenters. The summed E-state index contributed by atoms with van der Waals surface area (Å²) in [7, 11) is 0. The van der Waals surface area contributed by atoms with Crippen molar-refractivity contribution in [2.24, 2.45) is 0 Å². The van der Waals surface area contributed by atoms with Gasteiger partial charge in [-0.15, -0.1) is 0 Å². The maximum absolute atomic E-state index is 10.7. The van der Waals surface area contributed by atoms with Gasteiger partial charge in [0, 0.05) is 10.0 Å². The fraction of sp³-hybridized carbons (Fsp3) is 0. The van der Waals surface area contributed by atoms with Crippen molar-refractivity contribution in [1.82, 2.24) is 15.2 Å². The summed E-state index contributed by atoms with van der Waals surface area (Å²) in [5.74, 6) is 0.497. The van der Waals surface area contributed by atoms with E-state index in [4.69, 9.17) is 0 Å². The zero-order chi connectivity index (χ0) is 9.97. The van der Waals surface area contributed by atoms with E-state index in [2.05, 4.69) is 31.1 Å². The molecule has 0 aliphatic carbocycles. The first kappa shape index (κ1) is 9.08. The zero-order valence-electron chi connectivity index (χ0n) is 7.07. The summed E-state index contributed by atoms with van der Waals surface area (Å²) in [5.41, 5.74) is 0.546. The summed E-state index contributed by atoms with van der Waals surface area (Å²) in [5, 5.41) is 6.17. The van der Waals surface area contributed by atoms with Crippen LogP contribution >= 0.6 is 15.9 Å². The molecular formula is C9H6BrN3O. The molecular weight excluding hydrogens is 246 g/mol. The molecule has 70 valence electrons. The van der Waals surface area contributed by atoms with E-state index in [9.17, 15) is 4.79 Å². The Morgan fingerprint density at radius 2 is 2.07 bits per heavy atom. The highest BCUT2D eigenvalue weighted by Gasteiger charge is 2.04. The largest absolute Gasteiger partial charge is 0.282 e. The Hall–Kier alpha value is -1.49. The van der Waals surface area contributed by atoms with E-state index in [0.29, 0.717) is 5.82 Å². The van der Waals surface area contributed by atoms with Gasteiger partial charge in [0.25, 0.3) is 5.56 Å². The Morgan fingerprint density at radius 1 is 1.29 bits per heavy atom. The first-order chi connectivity index (χ1) is 6.77. The van der Waals surface area contributed by atoms with Crippen LogP contribution in [0.4, 0.5) is 0 Å². The fourth-order valence-electron chi connectivity index (χ4n) is 1.06. The van der Waals surface area contributed by atoms with Gasteiger partial charge in [0.1, 0.15) is 0 Å². The normalized spacial score (nSPS) is 10.1. The van der Waals surface area contributed by atoms with Crippen LogP contribution in [0.15, 0.2) is 39.7 Å². The van der Waals surface area contributed by atoms with Crippen LogP contribution in [0.3, 0.4) is 0 Å². The molecule has 2 rings (SSSR count). The second-order valence-corrected chi connectivity index (χ2v) is 3.50. The van der Waals surface area contributed by atoms with Crippen molar-refractivity contribution >= 4 is 15.9 Å². The molecule has 0 fully saturated rings. The van der Waals surface area contributed by atoms with Gasteiger partial charge in [-0.25, -0.2) is 10.1 Å². The van der Waals surface area contributed by atoms with Crippen molar-refractivity contribution in [3.63, 3.8) is 0 Å². The molecule has 0 bridgehead atoms. The summed E-state index contributed by atoms with van der Waals surface area (Å²) < 4.78 is 0.895. The van der Waals surface area contributed by atoms with Crippen LogP contribution in [-0.4, -0.2) is 15.2 Å². The van der Waals surface area contributed by atoms with Gasteiger partial charge in [-0.05, 0) is 12.1 Å². The molecule has 0 amide bonds. The zero-order valence-corrected chi connectivity index (χ0v) is 8.65. The molecule has 2 aromatic rings. The number of benzene rings is 1. The van der Waals surface area contributed by atoms with Crippen LogP contribution < -0.4 is 5.56 Å². The standard InChI is InChI=1S/C9H6BrN3O/c10-7-4-2-1-3-6(7)9-11-5-8(14)12-13-9/h1-5H,(H,12,14). The highest BCUT2D eigenvalue weighted by atomic mass is 79.9. The number of H-pyrrole nitrogens is 1. The van der Waals surface area contributed by atoms with Gasteiger partial charge in [0.05, 0.1) is 6.20 Å². The molecule has 0 saturated heterocycles. The molecule has 4 nitrogen and oxygen atoms in total. The predicted octanol–water partition coefficient (Wildman–Crippen LogP) is 1.59. The molecule has 0 aliphatic rings. The average Bonchev–Trinajstić information content (AvgIpc) is 2.20. The number of hydrogen-bond donors (Lipinski definition) is 1. The topological polar surface area (TPSA) is 58.6 Å². The Bertz CT molecular complexity index is 489. The predicted molar refractivity (Wildman–Crippen MR) is 55.8 cm³/mol. The Morgan fingerprint density at radius 3 is 2.71 bits per heavy atom. The van der Waals surface area contributed by atoms with Crippen LogP contribution in [0.1, 0.15) is 0 Å². The number of hydrogen-bond acceptors (Lipinski definition) is 3. The maximum Gasteiger partial charge on any atom is 0.282 e. The smallest absolute Gasteiger partial charge is 0.266 e. The minimum absolute atomic E-state index is 0.305. The first-order valence-corrected chi connectivity index (χ1v) is 4.73. The highest BCUT2D eigenvalue weighted by Crippen LogP contribution is 2.23. The van der Waals surface area contributed by atoms with Gasteiger partial charge in [0.15, 0.2) is 5.82 Å². The Labute approximate surface area is 88.1 Å². The second-order valence-electron chi connectivity index (χ2n) is 2.65. The van der Waals surface area contributed by atoms with Crippen molar-refractivity contribution < 1.29 is 0 Å². The molecule has 0 spiro atoms. The van der Waals surface area contributed by atoms with E-state index < -0.39 is 0 Å². The highest BCUT2D eigenvalue weighted by molar-refractivity contribution is 9.10. The van der Waals surface area contributed by atoms with E-state index in [-0.39, 0.29) is 5.56 Å². The number of rotatable bonds is 1. The minimum Gasteiger partial charge on any atom is -0.266 e. The lowest BCUT2D eigenvalue weighted by atomic mass is 10.2. The summed E-state index contributed by atoms with van der Waals surface area (Å²) >= 11 is 3.38. The van der Waals surface area contributed by atoms with Crippen LogP contribution in [0.5, 0.6) is 0 Å². The van der Waals surface area contributed by atoms with E-state index in [1.807, 2.05) is 24.3 Å². The number of nitrogens with one attached hydrogen (secondary N) is 1. The maximum atomic E-state index is 10.7. The molecule has 14 heavy (non-hydrogen) atoms. The van der Waals surface area contributed by atoms with Crippen molar-refractivity contribution in [1.29, 1.82) is 0 Å². The van der Waals surface area contributed by atoms with Gasteiger partial charge in [-0.1, -0.05) is 28.1 Å². The van der Waals surface area contributed by atoms with Crippen LogP contribution in [0.2, 0.25) is 0 Å². The van der Waals surface area contributed by atoms with Crippen molar-refractivity contribution in [3.05, 3.63) is 45.3 Å². The third-order valence-corrected chi connectivity index (χ3v) is 2.38. The first-order valence-electron chi connectivity index (χ1n) is 3.94. The number of aromatic amines is 1. The minimum atomic E-state index is -0.305. The monoisotopic (exact) mass is 251 g/mol. The summed E-state index contributed by atoms with van der Waals surface area (Å²) in [4.78, 5) is 14.7. The lowest BCUT2D eigenvalue weighted by Gasteiger charge is -2.00. The molecule has 0 aliphatic heterocycles. The number of aromatic nitrogens is 3. The number of halogens is 1. The summed E-state index contributed by atoms with van der Waals surface area (Å²) in [6.07, 6.45) is 1.21. The van der Waals surface area contributed by atoms with E-state index in [1.54, 1.807) is 0 Å². The molecule has 1 aromatic carbocycles. The van der Waals surface area contributed by atoms with Crippen molar-refractivity contribution in [2.75, 3.05) is 0 Å². The molecule has 1 heterocycles. The van der Waals surface area contributed by atoms with Crippen LogP contribution in [0.25, 0.3) is 11.4 Å². The Balaban J connectivity index is 2.55. The molecule has 0 radical (unpaired) electrons. The molecule has 0 saturated carbocycles. The Kier molecular flexibility index (Phi) is 2.41. The van der Waals surface area contributed by atoms with Gasteiger partial charge in [-0.2, -0.15) is 5.10 Å². The van der Waals surface area contributed by atoms with Crippen LogP contribution in [0, 0.1) is 0 Å². The quantitative estimate of drug-likeness (QED) is 0.838. The molecule has 1 aromatic heterocycles. The lowest BCUT2D eigenvalue weighted by Crippen LogP contribution is -2.08. The van der Waals surface area contributed by atoms with Gasteiger partial charge in [-0.3, -0.25) is 4.79 Å². The summed E-state index contributed by atoms with van der Waals surface area (Å²) in [6, 6.07) is 7.55. The summed E-state index contributed by atoms with van der Waals surface area (Å²) in [6.45, 7) is 0. The van der Waals surface area contributed by atoms with Crippen LogP contribution in [-0.2, 0) is 0 Å². The fourth-order valence-corrected chi connectivity index (χ4v) is 1.52. The van der Waals surface area contributed by atoms with Crippen molar-refractivity contribution in [3.8, 4) is 11.4 Å². The molecule has 0 atom stereocenters. The van der Waals surface area contributed by atoms with E-state index in [0.717, 1.165) is 10.0 Å². The van der Waals surface area contributed by atoms with Gasteiger partial charge in [0.2, 0.25) is 0 Å². The van der Waals surface area contributed by atoms with Gasteiger partial charge < -0.3 is 0 Å². The van der Waals surface area contributed by atoms with Gasteiger partial charge >= 0.3 is 0 Å². The van der Waals surface area contributed by atoms with E-state index >= 15 is 0 Å². The third kappa shape index (κ3) is 1.72. The van der Waals surface area contributed by atoms with E-state index in [1.165, 1.54) is 6.20 Å². The third-order valence-electron chi connectivity index (χ3n) is 1.69. The molecule has 5 heteroatoms. The second kappa shape index (κ2) is 3.71. The lowest BCUT2D eigenvalue weighted by molar-refractivity contribution is 0.940. The average molecular weight is 252 g/mol. The number of nitrogens with zero attached hydrogens (tertiary/aromatic N) is 2. The SMILES string of the molecule is O=c1cnc(-c2ccccc2Br)n[nH]1. The van der Waals surface area contributed by atoms with Crippen molar-refractivity contribution in [2.45, 2.75) is 0 Å².